The highest BCUT2D eigenvalue weighted by Crippen LogP contribution is 2.24. The van der Waals surface area contributed by atoms with E-state index in [2.05, 4.69) is 0 Å². The van der Waals surface area contributed by atoms with Crippen molar-refractivity contribution in [2.24, 2.45) is 5.92 Å². The molecule has 20 heavy (non-hydrogen) atoms. The van der Waals surface area contributed by atoms with Gasteiger partial charge in [0.25, 0.3) is 0 Å². The highest BCUT2D eigenvalue weighted by Gasteiger charge is 2.26. The zero-order chi connectivity index (χ0) is 15.4. The topological polar surface area (TPSA) is 57.6 Å². The molecule has 0 aliphatic rings. The number of carboxylic acid groups (broad SMARTS) is 1. The van der Waals surface area contributed by atoms with E-state index in [0.29, 0.717) is 16.5 Å². The van der Waals surface area contributed by atoms with Gasteiger partial charge in [-0.25, -0.2) is 4.79 Å². The van der Waals surface area contributed by atoms with E-state index >= 15 is 0 Å². The van der Waals surface area contributed by atoms with Crippen molar-refractivity contribution in [3.8, 4) is 0 Å². The van der Waals surface area contributed by atoms with E-state index in [1.807, 2.05) is 0 Å². The molecule has 1 N–H and O–H groups in total. The van der Waals surface area contributed by atoms with Crippen molar-refractivity contribution in [3.63, 3.8) is 0 Å². The van der Waals surface area contributed by atoms with Crippen LogP contribution in [-0.2, 0) is 16.0 Å². The molecule has 2 atom stereocenters. The van der Waals surface area contributed by atoms with Gasteiger partial charge in [0.1, 0.15) is 6.04 Å². The molecule has 0 heterocycles. The van der Waals surface area contributed by atoms with Gasteiger partial charge in [-0.05, 0) is 31.0 Å². The van der Waals surface area contributed by atoms with Crippen LogP contribution in [0.1, 0.15) is 19.4 Å². The monoisotopic (exact) mass is 317 g/mol. The highest BCUT2D eigenvalue weighted by molar-refractivity contribution is 6.35. The maximum Gasteiger partial charge on any atom is 0.326 e. The molecule has 1 aromatic rings. The second kappa shape index (κ2) is 6.95. The molecule has 0 spiro atoms. The van der Waals surface area contributed by atoms with Gasteiger partial charge < -0.3 is 10.0 Å². The number of aliphatic carboxylic acids is 1. The minimum Gasteiger partial charge on any atom is -0.480 e. The lowest BCUT2D eigenvalue weighted by atomic mass is 9.99. The van der Waals surface area contributed by atoms with E-state index in [1.165, 1.54) is 18.9 Å². The normalized spacial score (nSPS) is 13.7. The molecule has 2 unspecified atom stereocenters. The number of rotatable bonds is 5. The fourth-order valence-electron chi connectivity index (χ4n) is 1.81. The molecule has 6 heteroatoms. The van der Waals surface area contributed by atoms with Crippen molar-refractivity contribution in [2.45, 2.75) is 26.3 Å². The number of carbonyl (C=O) groups excluding carboxylic acids is 1. The van der Waals surface area contributed by atoms with E-state index in [1.54, 1.807) is 25.1 Å². The number of likely N-dealkylation sites (N-methyl/N-ethyl adjacent to an activating group) is 1. The van der Waals surface area contributed by atoms with Crippen LogP contribution in [0.15, 0.2) is 18.2 Å². The standard InChI is InChI=1S/C14H17Cl2NO3/c1-8(13(18)17(3)9(2)14(19)20)6-10-4-5-11(15)7-12(10)16/h4-5,7-9H,6H2,1-3H3,(H,19,20). The Hall–Kier alpha value is -1.26. The van der Waals surface area contributed by atoms with Gasteiger partial charge >= 0.3 is 5.97 Å². The lowest BCUT2D eigenvalue weighted by molar-refractivity contribution is -0.149. The van der Waals surface area contributed by atoms with Crippen molar-refractivity contribution < 1.29 is 14.7 Å². The number of carbonyl (C=O) groups is 2. The van der Waals surface area contributed by atoms with Gasteiger partial charge in [-0.1, -0.05) is 36.2 Å². The van der Waals surface area contributed by atoms with Gasteiger partial charge in [-0.3, -0.25) is 4.79 Å². The van der Waals surface area contributed by atoms with Crippen molar-refractivity contribution in [1.82, 2.24) is 4.90 Å². The Morgan fingerprint density at radius 2 is 1.90 bits per heavy atom. The Balaban J connectivity index is 2.77. The number of amides is 1. The smallest absolute Gasteiger partial charge is 0.326 e. The van der Waals surface area contributed by atoms with E-state index in [4.69, 9.17) is 28.3 Å². The maximum absolute atomic E-state index is 12.2. The average molecular weight is 318 g/mol. The summed E-state index contributed by atoms with van der Waals surface area (Å²) < 4.78 is 0. The zero-order valence-corrected chi connectivity index (χ0v) is 13.1. The summed E-state index contributed by atoms with van der Waals surface area (Å²) in [5, 5.41) is 9.96. The Labute approximate surface area is 128 Å². The van der Waals surface area contributed by atoms with Crippen molar-refractivity contribution in [3.05, 3.63) is 33.8 Å². The Morgan fingerprint density at radius 3 is 2.40 bits per heavy atom. The first-order chi connectivity index (χ1) is 9.23. The van der Waals surface area contributed by atoms with E-state index in [9.17, 15) is 9.59 Å². The SMILES string of the molecule is CC(Cc1ccc(Cl)cc1Cl)C(=O)N(C)C(C)C(=O)O. The first kappa shape index (κ1) is 16.8. The van der Waals surface area contributed by atoms with Gasteiger partial charge in [-0.15, -0.1) is 0 Å². The van der Waals surface area contributed by atoms with Crippen molar-refractivity contribution in [2.75, 3.05) is 7.05 Å². The van der Waals surface area contributed by atoms with Crippen LogP contribution in [0.2, 0.25) is 10.0 Å². The van der Waals surface area contributed by atoms with Gasteiger partial charge in [0.2, 0.25) is 5.91 Å². The first-order valence-electron chi connectivity index (χ1n) is 6.17. The molecule has 1 aromatic carbocycles. The molecule has 1 rings (SSSR count). The third-order valence-corrected chi connectivity index (χ3v) is 3.84. The summed E-state index contributed by atoms with van der Waals surface area (Å²) in [5.41, 5.74) is 0.813. The summed E-state index contributed by atoms with van der Waals surface area (Å²) >= 11 is 11.9. The molecule has 0 aliphatic carbocycles. The summed E-state index contributed by atoms with van der Waals surface area (Å²) in [6.45, 7) is 3.22. The molecule has 0 radical (unpaired) electrons. The Kier molecular flexibility index (Phi) is 5.84. The highest BCUT2D eigenvalue weighted by atomic mass is 35.5. The lowest BCUT2D eigenvalue weighted by Gasteiger charge is -2.25. The zero-order valence-electron chi connectivity index (χ0n) is 11.6. The quantitative estimate of drug-likeness (QED) is 0.907. The lowest BCUT2D eigenvalue weighted by Crippen LogP contribution is -2.43. The predicted molar refractivity (Wildman–Crippen MR) is 79.2 cm³/mol. The van der Waals surface area contributed by atoms with Gasteiger partial charge in [-0.2, -0.15) is 0 Å². The van der Waals surface area contributed by atoms with Crippen LogP contribution in [0, 0.1) is 5.92 Å². The largest absolute Gasteiger partial charge is 0.480 e. The van der Waals surface area contributed by atoms with Gasteiger partial charge in [0.05, 0.1) is 0 Å². The number of hydrogen-bond acceptors (Lipinski definition) is 2. The van der Waals surface area contributed by atoms with Crippen molar-refractivity contribution in [1.29, 1.82) is 0 Å². The molecule has 0 fully saturated rings. The second-order valence-electron chi connectivity index (χ2n) is 4.80. The molecule has 0 aromatic heterocycles. The summed E-state index contributed by atoms with van der Waals surface area (Å²) in [7, 11) is 1.49. The molecule has 0 aliphatic heterocycles. The first-order valence-corrected chi connectivity index (χ1v) is 6.93. The number of carboxylic acids is 1. The molecule has 0 bridgehead atoms. The molecule has 110 valence electrons. The van der Waals surface area contributed by atoms with Crippen LogP contribution in [-0.4, -0.2) is 35.0 Å². The van der Waals surface area contributed by atoms with Crippen LogP contribution < -0.4 is 0 Å². The predicted octanol–water partition coefficient (Wildman–Crippen LogP) is 3.10. The van der Waals surface area contributed by atoms with Crippen LogP contribution in [0.25, 0.3) is 0 Å². The molecule has 0 saturated carbocycles. The summed E-state index contributed by atoms with van der Waals surface area (Å²) in [6, 6.07) is 4.25. The second-order valence-corrected chi connectivity index (χ2v) is 5.65. The molecule has 0 saturated heterocycles. The minimum absolute atomic E-state index is 0.231. The van der Waals surface area contributed by atoms with Crippen molar-refractivity contribution >= 4 is 35.1 Å². The molecular weight excluding hydrogens is 301 g/mol. The summed E-state index contributed by atoms with van der Waals surface area (Å²) in [6.07, 6.45) is 0.436. The van der Waals surface area contributed by atoms with Gasteiger partial charge in [0, 0.05) is 23.0 Å². The average Bonchev–Trinajstić information content (AvgIpc) is 2.39. The maximum atomic E-state index is 12.2. The number of hydrogen-bond donors (Lipinski definition) is 1. The van der Waals surface area contributed by atoms with Gasteiger partial charge in [0.15, 0.2) is 0 Å². The fourth-order valence-corrected chi connectivity index (χ4v) is 2.29. The van der Waals surface area contributed by atoms with E-state index in [0.717, 1.165) is 5.56 Å². The van der Waals surface area contributed by atoms with Crippen LogP contribution >= 0.6 is 23.2 Å². The Bertz CT molecular complexity index is 519. The van der Waals surface area contributed by atoms with E-state index < -0.39 is 12.0 Å². The summed E-state index contributed by atoms with van der Waals surface area (Å²) in [4.78, 5) is 24.3. The van der Waals surface area contributed by atoms with Crippen LogP contribution in [0.5, 0.6) is 0 Å². The third kappa shape index (κ3) is 4.12. The number of halogens is 2. The molecule has 1 amide bonds. The minimum atomic E-state index is -1.03. The van der Waals surface area contributed by atoms with Crippen LogP contribution in [0.4, 0.5) is 0 Å². The Morgan fingerprint density at radius 1 is 1.30 bits per heavy atom. The third-order valence-electron chi connectivity index (χ3n) is 3.25. The summed E-state index contributed by atoms with van der Waals surface area (Å²) in [5.74, 6) is -1.62. The molecular formula is C14H17Cl2NO3. The number of benzene rings is 1. The molecule has 4 nitrogen and oxygen atoms in total. The van der Waals surface area contributed by atoms with Crippen LogP contribution in [0.3, 0.4) is 0 Å². The fraction of sp³-hybridized carbons (Fsp3) is 0.429. The number of nitrogens with zero attached hydrogens (tertiary/aromatic N) is 1. The van der Waals surface area contributed by atoms with E-state index in [-0.39, 0.29) is 11.8 Å².